The van der Waals surface area contributed by atoms with Crippen LogP contribution in [-0.2, 0) is 32.2 Å². The van der Waals surface area contributed by atoms with Crippen molar-refractivity contribution in [2.75, 3.05) is 6.61 Å². The number of aliphatic hydroxyl groups excluding tert-OH is 1. The van der Waals surface area contributed by atoms with E-state index in [-0.39, 0.29) is 25.4 Å². The Morgan fingerprint density at radius 1 is 1.06 bits per heavy atom. The van der Waals surface area contributed by atoms with Crippen molar-refractivity contribution in [2.24, 2.45) is 0 Å². The number of ketones is 1. The number of nitrogens with one attached hydrogen (secondary N) is 1. The van der Waals surface area contributed by atoms with E-state index in [0.29, 0.717) is 0 Å². The molecule has 35 heavy (non-hydrogen) atoms. The van der Waals surface area contributed by atoms with Crippen LogP contribution in [0.4, 0.5) is 0 Å². The first-order valence-electron chi connectivity index (χ1n) is 11.3. The van der Waals surface area contributed by atoms with Crippen LogP contribution in [0.15, 0.2) is 76.4 Å². The Morgan fingerprint density at radius 3 is 2.26 bits per heavy atom. The summed E-state index contributed by atoms with van der Waals surface area (Å²) in [5.74, 6) is -0.417. The molecule has 0 amide bonds. The van der Waals surface area contributed by atoms with Gasteiger partial charge in [-0.05, 0) is 25.0 Å². The van der Waals surface area contributed by atoms with E-state index in [9.17, 15) is 19.5 Å². The number of hydrogen-bond donors (Lipinski definition) is 2. The molecule has 1 fully saturated rings. The van der Waals surface area contributed by atoms with Gasteiger partial charge in [-0.15, -0.1) is 0 Å². The van der Waals surface area contributed by atoms with Crippen molar-refractivity contribution in [3.63, 3.8) is 0 Å². The summed E-state index contributed by atoms with van der Waals surface area (Å²) < 4.78 is 19.1. The number of H-pyrrole nitrogens is 1. The van der Waals surface area contributed by atoms with E-state index < -0.39 is 41.1 Å². The van der Waals surface area contributed by atoms with Gasteiger partial charge in [0.25, 0.3) is 5.56 Å². The Balaban J connectivity index is 1.66. The topological polar surface area (TPSA) is 120 Å². The smallest absolute Gasteiger partial charge is 0.330 e. The minimum Gasteiger partial charge on any atom is -0.386 e. The molecule has 1 saturated heterocycles. The van der Waals surface area contributed by atoms with Crippen LogP contribution >= 0.6 is 0 Å². The maximum absolute atomic E-state index is 13.0. The molecule has 0 aliphatic carbocycles. The fraction of sp³-hybridized carbons (Fsp3) is 0.346. The van der Waals surface area contributed by atoms with Gasteiger partial charge in [-0.1, -0.05) is 60.7 Å². The molecule has 2 heterocycles. The lowest BCUT2D eigenvalue weighted by atomic mass is 9.91. The molecule has 1 aliphatic rings. The summed E-state index contributed by atoms with van der Waals surface area (Å²) in [6, 6.07) is 18.7. The van der Waals surface area contributed by atoms with Gasteiger partial charge in [0.05, 0.1) is 19.8 Å². The highest BCUT2D eigenvalue weighted by Gasteiger charge is 2.59. The van der Waals surface area contributed by atoms with Crippen molar-refractivity contribution in [1.82, 2.24) is 9.55 Å². The van der Waals surface area contributed by atoms with E-state index in [1.54, 1.807) is 0 Å². The van der Waals surface area contributed by atoms with E-state index in [1.165, 1.54) is 20.0 Å². The molecule has 184 valence electrons. The molecule has 0 spiro atoms. The summed E-state index contributed by atoms with van der Waals surface area (Å²) in [7, 11) is 0. The standard InChI is InChI=1S/C26H28N2O7/c1-17-13-28(25(32)27-23(17)31)24-21(30)22(34-15-20-11-7-4-8-12-20)26(35-24,18(2)29)16-33-14-19-9-5-3-6-10-19/h3-13,21-22,24,30H,14-16H2,1-2H3,(H,27,31,32)/t21?,22-,24-,26+/m1/s1. The Labute approximate surface area is 201 Å². The third kappa shape index (κ3) is 5.18. The fourth-order valence-electron chi connectivity index (χ4n) is 4.16. The number of Topliss-reactive ketones (excluding diaryl/α,β-unsaturated/α-hetero) is 1. The number of carbonyl (C=O) groups excluding carboxylic acids is 1. The number of nitrogens with zero attached hydrogens (tertiary/aromatic N) is 1. The van der Waals surface area contributed by atoms with Crippen LogP contribution in [0, 0.1) is 6.92 Å². The van der Waals surface area contributed by atoms with Gasteiger partial charge in [0, 0.05) is 11.8 Å². The van der Waals surface area contributed by atoms with E-state index >= 15 is 0 Å². The molecule has 1 aromatic heterocycles. The normalized spacial score (nSPS) is 23.9. The van der Waals surface area contributed by atoms with Crippen molar-refractivity contribution in [3.8, 4) is 0 Å². The number of rotatable bonds is 9. The molecule has 1 aliphatic heterocycles. The maximum Gasteiger partial charge on any atom is 0.330 e. The number of aliphatic hydroxyl groups is 1. The monoisotopic (exact) mass is 480 g/mol. The molecule has 1 unspecified atom stereocenters. The summed E-state index contributed by atoms with van der Waals surface area (Å²) >= 11 is 0. The molecule has 9 nitrogen and oxygen atoms in total. The van der Waals surface area contributed by atoms with Crippen molar-refractivity contribution in [3.05, 3.63) is 104 Å². The molecule has 0 bridgehead atoms. The minimum atomic E-state index is -1.68. The summed E-state index contributed by atoms with van der Waals surface area (Å²) in [6.07, 6.45) is -2.52. The number of aryl methyl sites for hydroxylation is 1. The van der Waals surface area contributed by atoms with Crippen molar-refractivity contribution in [2.45, 2.75) is 51.1 Å². The number of ether oxygens (including phenoxy) is 3. The Morgan fingerprint density at radius 2 is 1.66 bits per heavy atom. The van der Waals surface area contributed by atoms with Crippen LogP contribution in [0.3, 0.4) is 0 Å². The fourth-order valence-corrected chi connectivity index (χ4v) is 4.16. The summed E-state index contributed by atoms with van der Waals surface area (Å²) in [5.41, 5.74) is -1.01. The molecule has 9 heteroatoms. The molecule has 0 saturated carbocycles. The first-order valence-corrected chi connectivity index (χ1v) is 11.3. The molecule has 4 atom stereocenters. The highest BCUT2D eigenvalue weighted by Crippen LogP contribution is 2.40. The summed E-state index contributed by atoms with van der Waals surface area (Å²) in [4.78, 5) is 39.6. The lowest BCUT2D eigenvalue weighted by Crippen LogP contribution is -2.53. The average molecular weight is 481 g/mol. The van der Waals surface area contributed by atoms with Gasteiger partial charge in [0.1, 0.15) is 12.2 Å². The SMILES string of the molecule is CC(=O)[C@]1(COCc2ccccc2)O[C@@H](n2cc(C)c(=O)[nH]c2=O)C(O)[C@H]1OCc1ccccc1. The lowest BCUT2D eigenvalue weighted by Gasteiger charge is -2.32. The van der Waals surface area contributed by atoms with Crippen LogP contribution in [0.25, 0.3) is 0 Å². The highest BCUT2D eigenvalue weighted by molar-refractivity contribution is 5.86. The van der Waals surface area contributed by atoms with Gasteiger partial charge in [0.15, 0.2) is 17.6 Å². The average Bonchev–Trinajstić information content (AvgIpc) is 3.13. The minimum absolute atomic E-state index is 0.103. The van der Waals surface area contributed by atoms with E-state index in [1.807, 2.05) is 60.7 Å². The van der Waals surface area contributed by atoms with Crippen LogP contribution in [0.1, 0.15) is 29.8 Å². The zero-order valence-corrected chi connectivity index (χ0v) is 19.5. The number of carbonyl (C=O) groups is 1. The van der Waals surface area contributed by atoms with E-state index in [4.69, 9.17) is 14.2 Å². The third-order valence-electron chi connectivity index (χ3n) is 6.11. The van der Waals surface area contributed by atoms with E-state index in [2.05, 4.69) is 4.98 Å². The molecule has 0 radical (unpaired) electrons. The van der Waals surface area contributed by atoms with Gasteiger partial charge >= 0.3 is 5.69 Å². The Kier molecular flexibility index (Phi) is 7.42. The van der Waals surface area contributed by atoms with Crippen molar-refractivity contribution in [1.29, 1.82) is 0 Å². The largest absolute Gasteiger partial charge is 0.386 e. The van der Waals surface area contributed by atoms with Crippen molar-refractivity contribution < 1.29 is 24.1 Å². The first kappa shape index (κ1) is 24.7. The zero-order chi connectivity index (χ0) is 25.0. The van der Waals surface area contributed by atoms with E-state index in [0.717, 1.165) is 15.7 Å². The molecule has 3 aromatic rings. The predicted octanol–water partition coefficient (Wildman–Crippen LogP) is 1.86. The quantitative estimate of drug-likeness (QED) is 0.480. The summed E-state index contributed by atoms with van der Waals surface area (Å²) in [5, 5.41) is 11.3. The second kappa shape index (κ2) is 10.5. The van der Waals surface area contributed by atoms with Gasteiger partial charge in [0.2, 0.25) is 0 Å². The van der Waals surface area contributed by atoms with Gasteiger partial charge < -0.3 is 19.3 Å². The molecular weight excluding hydrogens is 452 g/mol. The number of aromatic amines is 1. The van der Waals surface area contributed by atoms with Crippen LogP contribution in [-0.4, -0.2) is 44.9 Å². The molecule has 2 aromatic carbocycles. The molecular formula is C26H28N2O7. The lowest BCUT2D eigenvalue weighted by molar-refractivity contribution is -0.174. The second-order valence-electron chi connectivity index (χ2n) is 8.62. The summed E-state index contributed by atoms with van der Waals surface area (Å²) in [6.45, 7) is 2.97. The third-order valence-corrected chi connectivity index (χ3v) is 6.11. The Hall–Kier alpha value is -3.37. The Bertz CT molecular complexity index is 1270. The molecule has 4 rings (SSSR count). The van der Waals surface area contributed by atoms with Gasteiger partial charge in [-0.25, -0.2) is 4.79 Å². The predicted molar refractivity (Wildman–Crippen MR) is 127 cm³/mol. The van der Waals surface area contributed by atoms with Crippen LogP contribution < -0.4 is 11.2 Å². The van der Waals surface area contributed by atoms with Gasteiger partial charge in [-0.2, -0.15) is 0 Å². The molecule has 2 N–H and O–H groups in total. The van der Waals surface area contributed by atoms with Crippen molar-refractivity contribution >= 4 is 5.78 Å². The number of aromatic nitrogens is 2. The van der Waals surface area contributed by atoms with Crippen LogP contribution in [0.2, 0.25) is 0 Å². The second-order valence-corrected chi connectivity index (χ2v) is 8.62. The van der Waals surface area contributed by atoms with Gasteiger partial charge in [-0.3, -0.25) is 19.1 Å². The number of hydrogen-bond acceptors (Lipinski definition) is 7. The zero-order valence-electron chi connectivity index (χ0n) is 19.5. The number of benzene rings is 2. The first-order chi connectivity index (χ1) is 16.8. The van der Waals surface area contributed by atoms with Crippen LogP contribution in [0.5, 0.6) is 0 Å². The highest BCUT2D eigenvalue weighted by atomic mass is 16.6. The maximum atomic E-state index is 13.0.